The highest BCUT2D eigenvalue weighted by molar-refractivity contribution is 7.90. The molecule has 2 N–H and O–H groups in total. The van der Waals surface area contributed by atoms with Gasteiger partial charge in [0.15, 0.2) is 0 Å². The van der Waals surface area contributed by atoms with E-state index in [4.69, 9.17) is 0 Å². The SMILES string of the molecule is CCCC1C=CNN1C(=O)NS(=O)(=O)c1ccccc1C(F)(F)F. The second-order valence-corrected chi connectivity index (χ2v) is 6.77. The lowest BCUT2D eigenvalue weighted by molar-refractivity contribution is -0.139. The molecule has 2 amide bonds. The molecule has 0 saturated carbocycles. The third-order valence-corrected chi connectivity index (χ3v) is 4.75. The second kappa shape index (κ2) is 6.71. The predicted molar refractivity (Wildman–Crippen MR) is 80.0 cm³/mol. The number of nitrogens with zero attached hydrogens (tertiary/aromatic N) is 1. The van der Waals surface area contributed by atoms with Crippen molar-refractivity contribution in [2.45, 2.75) is 36.9 Å². The molecule has 0 radical (unpaired) electrons. The molecule has 0 aliphatic carbocycles. The first-order valence-corrected chi connectivity index (χ1v) is 8.60. The summed E-state index contributed by atoms with van der Waals surface area (Å²) in [5.41, 5.74) is 1.23. The summed E-state index contributed by atoms with van der Waals surface area (Å²) in [5, 5.41) is 1.03. The molecule has 0 fully saturated rings. The Kier molecular flexibility index (Phi) is 5.07. The molecule has 132 valence electrons. The molecule has 24 heavy (non-hydrogen) atoms. The van der Waals surface area contributed by atoms with Crippen molar-refractivity contribution in [1.82, 2.24) is 15.2 Å². The van der Waals surface area contributed by atoms with Crippen LogP contribution in [0.15, 0.2) is 41.4 Å². The number of hydrazine groups is 1. The third kappa shape index (κ3) is 3.81. The van der Waals surface area contributed by atoms with Crippen molar-refractivity contribution in [3.8, 4) is 0 Å². The van der Waals surface area contributed by atoms with Crippen LogP contribution in [-0.2, 0) is 16.2 Å². The highest BCUT2D eigenvalue weighted by Crippen LogP contribution is 2.33. The van der Waals surface area contributed by atoms with Crippen molar-refractivity contribution in [3.63, 3.8) is 0 Å². The average Bonchev–Trinajstić information content (AvgIpc) is 2.95. The van der Waals surface area contributed by atoms with Crippen LogP contribution in [-0.4, -0.2) is 25.5 Å². The molecular formula is C14H16F3N3O3S. The summed E-state index contributed by atoms with van der Waals surface area (Å²) in [7, 11) is -4.68. The van der Waals surface area contributed by atoms with Crippen molar-refractivity contribution < 1.29 is 26.4 Å². The monoisotopic (exact) mass is 363 g/mol. The number of alkyl halides is 3. The summed E-state index contributed by atoms with van der Waals surface area (Å²) in [6.45, 7) is 1.89. The van der Waals surface area contributed by atoms with Crippen molar-refractivity contribution >= 4 is 16.1 Å². The van der Waals surface area contributed by atoms with Gasteiger partial charge in [-0.05, 0) is 24.6 Å². The standard InChI is InChI=1S/C14H16F3N3O3S/c1-2-5-10-8-9-18-20(10)13(21)19-24(22,23)12-7-4-3-6-11(12)14(15,16)17/h3-4,6-10,18H,2,5H2,1H3,(H,19,21). The van der Waals surface area contributed by atoms with Crippen molar-refractivity contribution in [2.24, 2.45) is 0 Å². The molecule has 0 saturated heterocycles. The predicted octanol–water partition coefficient (Wildman–Crippen LogP) is 2.61. The number of amides is 2. The van der Waals surface area contributed by atoms with Gasteiger partial charge in [0, 0.05) is 6.20 Å². The van der Waals surface area contributed by atoms with Gasteiger partial charge in [-0.25, -0.2) is 22.9 Å². The van der Waals surface area contributed by atoms with Gasteiger partial charge in [-0.1, -0.05) is 25.5 Å². The lowest BCUT2D eigenvalue weighted by atomic mass is 10.2. The van der Waals surface area contributed by atoms with Crippen molar-refractivity contribution in [3.05, 3.63) is 42.1 Å². The molecule has 1 heterocycles. The Balaban J connectivity index is 2.25. The fourth-order valence-corrected chi connectivity index (χ4v) is 3.47. The second-order valence-electron chi connectivity index (χ2n) is 5.12. The molecule has 1 aromatic carbocycles. The lowest BCUT2D eigenvalue weighted by Crippen LogP contribution is -2.50. The number of rotatable bonds is 4. The fourth-order valence-electron chi connectivity index (χ4n) is 2.30. The zero-order valence-electron chi connectivity index (χ0n) is 12.7. The van der Waals surface area contributed by atoms with E-state index in [1.54, 1.807) is 10.8 Å². The average molecular weight is 363 g/mol. The Bertz CT molecular complexity index is 747. The Morgan fingerprint density at radius 2 is 2.00 bits per heavy atom. The normalized spacial score (nSPS) is 17.7. The minimum absolute atomic E-state index is 0.372. The Labute approximate surface area is 137 Å². The number of carbonyl (C=O) groups is 1. The van der Waals surface area contributed by atoms with E-state index in [0.717, 1.165) is 29.6 Å². The molecule has 1 aliphatic heterocycles. The molecule has 1 aromatic rings. The summed E-state index contributed by atoms with van der Waals surface area (Å²) >= 11 is 0. The Morgan fingerprint density at radius 3 is 2.62 bits per heavy atom. The molecule has 2 rings (SSSR count). The van der Waals surface area contributed by atoms with Crippen LogP contribution in [0.1, 0.15) is 25.3 Å². The van der Waals surface area contributed by atoms with Gasteiger partial charge in [0.05, 0.1) is 16.5 Å². The largest absolute Gasteiger partial charge is 0.417 e. The van der Waals surface area contributed by atoms with Crippen LogP contribution in [0.4, 0.5) is 18.0 Å². The van der Waals surface area contributed by atoms with Crippen LogP contribution < -0.4 is 10.1 Å². The van der Waals surface area contributed by atoms with E-state index < -0.39 is 32.7 Å². The van der Waals surface area contributed by atoms with Crippen molar-refractivity contribution in [1.29, 1.82) is 0 Å². The highest BCUT2D eigenvalue weighted by atomic mass is 32.2. The van der Waals surface area contributed by atoms with Gasteiger partial charge in [0.1, 0.15) is 0 Å². The smallest absolute Gasteiger partial charge is 0.302 e. The molecule has 1 aliphatic rings. The van der Waals surface area contributed by atoms with E-state index in [2.05, 4.69) is 5.43 Å². The first-order valence-electron chi connectivity index (χ1n) is 7.12. The van der Waals surface area contributed by atoms with E-state index in [-0.39, 0.29) is 6.04 Å². The van der Waals surface area contributed by atoms with E-state index in [9.17, 15) is 26.4 Å². The van der Waals surface area contributed by atoms with E-state index >= 15 is 0 Å². The summed E-state index contributed by atoms with van der Waals surface area (Å²) in [6.07, 6.45) is -0.400. The molecule has 6 nitrogen and oxygen atoms in total. The number of carbonyl (C=O) groups excluding carboxylic acids is 1. The number of urea groups is 1. The van der Waals surface area contributed by atoms with Gasteiger partial charge >= 0.3 is 12.2 Å². The summed E-state index contributed by atoms with van der Waals surface area (Å²) in [4.78, 5) is 11.1. The van der Waals surface area contributed by atoms with Gasteiger partial charge in [-0.3, -0.25) is 0 Å². The van der Waals surface area contributed by atoms with Crippen LogP contribution >= 0.6 is 0 Å². The van der Waals surface area contributed by atoms with Gasteiger partial charge in [-0.2, -0.15) is 13.2 Å². The first kappa shape index (κ1) is 18.1. The number of nitrogens with one attached hydrogen (secondary N) is 2. The minimum atomic E-state index is -4.85. The zero-order chi connectivity index (χ0) is 18.0. The summed E-state index contributed by atoms with van der Waals surface area (Å²) < 4.78 is 65.0. The van der Waals surface area contributed by atoms with E-state index in [1.807, 2.05) is 6.92 Å². The number of sulfonamides is 1. The molecule has 1 unspecified atom stereocenters. The van der Waals surface area contributed by atoms with E-state index in [0.29, 0.717) is 12.5 Å². The van der Waals surface area contributed by atoms with Gasteiger partial charge in [-0.15, -0.1) is 0 Å². The summed E-state index contributed by atoms with van der Waals surface area (Å²) in [5.74, 6) is 0. The Hall–Kier alpha value is -2.23. The third-order valence-electron chi connectivity index (χ3n) is 3.37. The maximum atomic E-state index is 13.0. The van der Waals surface area contributed by atoms with E-state index in [1.165, 1.54) is 6.20 Å². The van der Waals surface area contributed by atoms with Crippen molar-refractivity contribution in [2.75, 3.05) is 0 Å². The highest BCUT2D eigenvalue weighted by Gasteiger charge is 2.38. The number of halogens is 3. The molecular weight excluding hydrogens is 347 g/mol. The Morgan fingerprint density at radius 1 is 1.33 bits per heavy atom. The molecule has 0 bridgehead atoms. The fraction of sp³-hybridized carbons (Fsp3) is 0.357. The van der Waals surface area contributed by atoms with Gasteiger partial charge in [0.25, 0.3) is 10.0 Å². The molecule has 0 spiro atoms. The van der Waals surface area contributed by atoms with Crippen LogP contribution in [0.5, 0.6) is 0 Å². The first-order chi connectivity index (χ1) is 11.2. The van der Waals surface area contributed by atoms with Crippen LogP contribution in [0.25, 0.3) is 0 Å². The zero-order valence-corrected chi connectivity index (χ0v) is 13.5. The minimum Gasteiger partial charge on any atom is -0.302 e. The van der Waals surface area contributed by atoms with Crippen LogP contribution in [0.3, 0.4) is 0 Å². The van der Waals surface area contributed by atoms with Gasteiger partial charge in [0.2, 0.25) is 0 Å². The summed E-state index contributed by atoms with van der Waals surface area (Å²) in [6, 6.07) is 2.27. The number of hydrogen-bond donors (Lipinski definition) is 2. The number of benzene rings is 1. The maximum absolute atomic E-state index is 13.0. The maximum Gasteiger partial charge on any atom is 0.417 e. The topological polar surface area (TPSA) is 78.5 Å². The van der Waals surface area contributed by atoms with Gasteiger partial charge < -0.3 is 5.43 Å². The molecule has 10 heteroatoms. The number of hydrogen-bond acceptors (Lipinski definition) is 4. The molecule has 1 atom stereocenters. The molecule has 0 aromatic heterocycles. The quantitative estimate of drug-likeness (QED) is 0.862. The van der Waals surface area contributed by atoms with Crippen LogP contribution in [0.2, 0.25) is 0 Å². The lowest BCUT2D eigenvalue weighted by Gasteiger charge is -2.24. The van der Waals surface area contributed by atoms with Crippen LogP contribution in [0, 0.1) is 0 Å².